The van der Waals surface area contributed by atoms with Gasteiger partial charge in [-0.3, -0.25) is 0 Å². The topological polar surface area (TPSA) is 43.8 Å². The molecule has 0 amide bonds. The molecule has 0 saturated heterocycles. The van der Waals surface area contributed by atoms with E-state index in [9.17, 15) is 0 Å². The van der Waals surface area contributed by atoms with Gasteiger partial charge in [0.05, 0.1) is 12.0 Å². The van der Waals surface area contributed by atoms with E-state index in [1.165, 1.54) is 31.4 Å². The fraction of sp³-hybridized carbons (Fsp3) is 0.769. The van der Waals surface area contributed by atoms with Gasteiger partial charge in [-0.05, 0) is 25.7 Å². The molecular weight excluding hydrogens is 198 g/mol. The Kier molecular flexibility index (Phi) is 3.06. The number of imidazole rings is 1. The highest BCUT2D eigenvalue weighted by molar-refractivity contribution is 5.10. The first-order chi connectivity index (χ1) is 7.54. The summed E-state index contributed by atoms with van der Waals surface area (Å²) in [5.41, 5.74) is 7.69. The molecule has 1 atom stereocenters. The van der Waals surface area contributed by atoms with Crippen LogP contribution in [0.4, 0.5) is 0 Å². The number of nitrogens with zero attached hydrogens (tertiary/aromatic N) is 2. The Morgan fingerprint density at radius 2 is 2.00 bits per heavy atom. The van der Waals surface area contributed by atoms with Gasteiger partial charge in [-0.15, -0.1) is 0 Å². The molecule has 0 radical (unpaired) electrons. The molecule has 16 heavy (non-hydrogen) atoms. The second-order valence-electron chi connectivity index (χ2n) is 5.66. The predicted molar refractivity (Wildman–Crippen MR) is 66.1 cm³/mol. The van der Waals surface area contributed by atoms with E-state index >= 15 is 0 Å². The van der Waals surface area contributed by atoms with Crippen molar-refractivity contribution in [2.45, 2.75) is 58.0 Å². The smallest absolute Gasteiger partial charge is 0.0953 e. The van der Waals surface area contributed by atoms with E-state index in [0.29, 0.717) is 5.92 Å². The summed E-state index contributed by atoms with van der Waals surface area (Å²) in [6, 6.07) is 0.0972. The third kappa shape index (κ3) is 1.88. The molecular formula is C13H23N3. The molecule has 1 fully saturated rings. The van der Waals surface area contributed by atoms with Crippen LogP contribution in [0.1, 0.15) is 58.2 Å². The first kappa shape index (κ1) is 11.6. The average molecular weight is 221 g/mol. The van der Waals surface area contributed by atoms with Crippen molar-refractivity contribution in [3.63, 3.8) is 0 Å². The largest absolute Gasteiger partial charge is 0.327 e. The van der Waals surface area contributed by atoms with Crippen molar-refractivity contribution in [3.8, 4) is 0 Å². The maximum absolute atomic E-state index is 6.25. The molecule has 90 valence electrons. The summed E-state index contributed by atoms with van der Waals surface area (Å²) < 4.78 is 2.32. The number of hydrogen-bond donors (Lipinski definition) is 1. The van der Waals surface area contributed by atoms with E-state index in [-0.39, 0.29) is 11.6 Å². The maximum atomic E-state index is 6.25. The van der Waals surface area contributed by atoms with E-state index in [1.54, 1.807) is 0 Å². The summed E-state index contributed by atoms with van der Waals surface area (Å²) in [7, 11) is 0. The molecule has 1 saturated carbocycles. The lowest BCUT2D eigenvalue weighted by Crippen LogP contribution is -2.31. The Morgan fingerprint density at radius 3 is 2.56 bits per heavy atom. The van der Waals surface area contributed by atoms with Gasteiger partial charge in [0, 0.05) is 17.8 Å². The van der Waals surface area contributed by atoms with E-state index < -0.39 is 0 Å². The minimum absolute atomic E-state index is 0.0972. The molecule has 1 aliphatic carbocycles. The van der Waals surface area contributed by atoms with Crippen LogP contribution in [0.5, 0.6) is 0 Å². The monoisotopic (exact) mass is 221 g/mol. The zero-order chi connectivity index (χ0) is 11.8. The Hall–Kier alpha value is -0.830. The molecule has 1 aromatic rings. The van der Waals surface area contributed by atoms with Crippen LogP contribution in [0.3, 0.4) is 0 Å². The van der Waals surface area contributed by atoms with Crippen LogP contribution in [-0.4, -0.2) is 9.55 Å². The number of aromatic nitrogens is 2. The van der Waals surface area contributed by atoms with Gasteiger partial charge in [-0.1, -0.05) is 26.7 Å². The van der Waals surface area contributed by atoms with Crippen LogP contribution in [0, 0.1) is 5.92 Å². The molecule has 0 spiro atoms. The zero-order valence-electron chi connectivity index (χ0n) is 10.6. The van der Waals surface area contributed by atoms with Crippen LogP contribution in [0.2, 0.25) is 0 Å². The van der Waals surface area contributed by atoms with Gasteiger partial charge in [-0.25, -0.2) is 4.98 Å². The first-order valence-corrected chi connectivity index (χ1v) is 6.33. The molecule has 2 rings (SSSR count). The summed E-state index contributed by atoms with van der Waals surface area (Å²) in [5.74, 6) is 0.459. The standard InChI is InChI=1S/C13H23N3/c1-10(2)12(14)11-8-15-9-16(11)13(3)6-4-5-7-13/h8-10,12H,4-7,14H2,1-3H3. The Bertz CT molecular complexity index is 348. The Labute approximate surface area is 98.1 Å². The first-order valence-electron chi connectivity index (χ1n) is 6.33. The van der Waals surface area contributed by atoms with Gasteiger partial charge < -0.3 is 10.3 Å². The molecule has 1 aliphatic rings. The van der Waals surface area contributed by atoms with E-state index in [1.807, 2.05) is 12.5 Å². The lowest BCUT2D eigenvalue weighted by atomic mass is 9.97. The van der Waals surface area contributed by atoms with Crippen LogP contribution in [0.25, 0.3) is 0 Å². The lowest BCUT2D eigenvalue weighted by molar-refractivity contribution is 0.306. The van der Waals surface area contributed by atoms with Crippen molar-refractivity contribution >= 4 is 0 Å². The van der Waals surface area contributed by atoms with Gasteiger partial charge in [-0.2, -0.15) is 0 Å². The molecule has 1 unspecified atom stereocenters. The van der Waals surface area contributed by atoms with Crippen molar-refractivity contribution in [2.24, 2.45) is 11.7 Å². The second kappa shape index (κ2) is 4.21. The summed E-state index contributed by atoms with van der Waals surface area (Å²) >= 11 is 0. The summed E-state index contributed by atoms with van der Waals surface area (Å²) in [6.07, 6.45) is 9.05. The Balaban J connectivity index is 2.31. The molecule has 0 bridgehead atoms. The third-order valence-corrected chi connectivity index (χ3v) is 3.99. The highest BCUT2D eigenvalue weighted by Gasteiger charge is 2.33. The van der Waals surface area contributed by atoms with Crippen molar-refractivity contribution in [3.05, 3.63) is 18.2 Å². The quantitative estimate of drug-likeness (QED) is 0.853. The molecule has 1 aromatic heterocycles. The van der Waals surface area contributed by atoms with Gasteiger partial charge in [0.2, 0.25) is 0 Å². The third-order valence-electron chi connectivity index (χ3n) is 3.99. The van der Waals surface area contributed by atoms with Crippen LogP contribution in [0.15, 0.2) is 12.5 Å². The SMILES string of the molecule is CC(C)C(N)c1cncn1C1(C)CCCC1. The molecule has 0 aliphatic heterocycles. The van der Waals surface area contributed by atoms with Crippen molar-refractivity contribution in [2.75, 3.05) is 0 Å². The van der Waals surface area contributed by atoms with Crippen molar-refractivity contribution in [1.82, 2.24) is 9.55 Å². The maximum Gasteiger partial charge on any atom is 0.0953 e. The molecule has 3 heteroatoms. The highest BCUT2D eigenvalue weighted by Crippen LogP contribution is 2.38. The molecule has 1 heterocycles. The lowest BCUT2D eigenvalue weighted by Gasteiger charge is -2.30. The molecule has 3 nitrogen and oxygen atoms in total. The zero-order valence-corrected chi connectivity index (χ0v) is 10.6. The fourth-order valence-corrected chi connectivity index (χ4v) is 2.72. The second-order valence-corrected chi connectivity index (χ2v) is 5.66. The highest BCUT2D eigenvalue weighted by atomic mass is 15.1. The van der Waals surface area contributed by atoms with Crippen molar-refractivity contribution in [1.29, 1.82) is 0 Å². The predicted octanol–water partition coefficient (Wildman–Crippen LogP) is 2.83. The van der Waals surface area contributed by atoms with Gasteiger partial charge in [0.15, 0.2) is 0 Å². The minimum atomic E-state index is 0.0972. The minimum Gasteiger partial charge on any atom is -0.327 e. The van der Waals surface area contributed by atoms with E-state index in [0.717, 1.165) is 0 Å². The summed E-state index contributed by atoms with van der Waals surface area (Å²) in [5, 5.41) is 0. The van der Waals surface area contributed by atoms with Gasteiger partial charge in [0.1, 0.15) is 0 Å². The summed E-state index contributed by atoms with van der Waals surface area (Å²) in [6.45, 7) is 6.66. The normalized spacial score (nSPS) is 21.6. The fourth-order valence-electron chi connectivity index (χ4n) is 2.72. The van der Waals surface area contributed by atoms with Crippen LogP contribution in [-0.2, 0) is 5.54 Å². The number of rotatable bonds is 3. The average Bonchev–Trinajstić information content (AvgIpc) is 2.85. The van der Waals surface area contributed by atoms with E-state index in [2.05, 4.69) is 30.3 Å². The van der Waals surface area contributed by atoms with Crippen molar-refractivity contribution < 1.29 is 0 Å². The Morgan fingerprint density at radius 1 is 1.38 bits per heavy atom. The van der Waals surface area contributed by atoms with Gasteiger partial charge >= 0.3 is 0 Å². The van der Waals surface area contributed by atoms with Crippen LogP contribution < -0.4 is 5.73 Å². The molecule has 0 aromatic carbocycles. The van der Waals surface area contributed by atoms with E-state index in [4.69, 9.17) is 5.73 Å². The number of hydrogen-bond acceptors (Lipinski definition) is 2. The van der Waals surface area contributed by atoms with Gasteiger partial charge in [0.25, 0.3) is 0 Å². The summed E-state index contributed by atoms with van der Waals surface area (Å²) in [4.78, 5) is 4.30. The molecule has 2 N–H and O–H groups in total. The number of nitrogens with two attached hydrogens (primary N) is 1. The van der Waals surface area contributed by atoms with Crippen LogP contribution >= 0.6 is 0 Å².